The lowest BCUT2D eigenvalue weighted by atomic mass is 9.65. The summed E-state index contributed by atoms with van der Waals surface area (Å²) in [5.74, 6) is -0.130. The van der Waals surface area contributed by atoms with E-state index in [9.17, 15) is 14.4 Å². The molecule has 0 spiro atoms. The summed E-state index contributed by atoms with van der Waals surface area (Å²) in [6.07, 6.45) is -0.182. The van der Waals surface area contributed by atoms with Gasteiger partial charge in [-0.1, -0.05) is 46.8 Å². The van der Waals surface area contributed by atoms with Crippen molar-refractivity contribution in [1.82, 2.24) is 10.2 Å². The molecule has 208 valence electrons. The minimum atomic E-state index is -2.04. The van der Waals surface area contributed by atoms with Gasteiger partial charge in [0.1, 0.15) is 23.9 Å². The molecule has 3 atom stereocenters. The summed E-state index contributed by atoms with van der Waals surface area (Å²) in [7, 11) is -0.779. The second-order valence-electron chi connectivity index (χ2n) is 12.9. The monoisotopic (exact) mass is 534 g/mol. The molecule has 2 rings (SSSR count). The van der Waals surface area contributed by atoms with Crippen molar-refractivity contribution in [2.24, 2.45) is 5.92 Å². The van der Waals surface area contributed by atoms with E-state index in [4.69, 9.17) is 9.16 Å². The Morgan fingerprint density at radius 1 is 1.14 bits per heavy atom. The van der Waals surface area contributed by atoms with Crippen molar-refractivity contribution < 1.29 is 28.3 Å². The number of likely N-dealkylation sites (tertiary alicyclic amines) is 1. The lowest BCUT2D eigenvalue weighted by Crippen LogP contribution is -2.60. The quantitative estimate of drug-likeness (QED) is 0.395. The third-order valence-electron chi connectivity index (χ3n) is 7.79. The Balaban J connectivity index is 2.42. The maximum atomic E-state index is 13.3. The van der Waals surface area contributed by atoms with E-state index in [1.807, 2.05) is 12.1 Å². The van der Waals surface area contributed by atoms with Crippen molar-refractivity contribution in [1.29, 1.82) is 0 Å². The van der Waals surface area contributed by atoms with Crippen LogP contribution >= 0.6 is 0 Å². The van der Waals surface area contributed by atoms with Gasteiger partial charge in [-0.3, -0.25) is 14.5 Å². The molecule has 0 saturated carbocycles. The molecule has 1 aliphatic rings. The highest BCUT2D eigenvalue weighted by Gasteiger charge is 2.48. The van der Waals surface area contributed by atoms with E-state index < -0.39 is 43.3 Å². The Bertz CT molecular complexity index is 997. The number of nitrogens with one attached hydrogen (secondary N) is 1. The topological polar surface area (TPSA) is 94.2 Å². The molecule has 0 radical (unpaired) electrons. The zero-order chi connectivity index (χ0) is 28.4. The van der Waals surface area contributed by atoms with Crippen LogP contribution in [-0.2, 0) is 24.5 Å². The summed E-state index contributed by atoms with van der Waals surface area (Å²) in [5.41, 5.74) is -0.0897. The molecule has 0 unspecified atom stereocenters. The third-order valence-corrected chi connectivity index (χ3v) is 12.1. The van der Waals surface area contributed by atoms with Gasteiger partial charge in [-0.15, -0.1) is 0 Å². The first-order valence-electron chi connectivity index (χ1n) is 12.9. The molecule has 8 nitrogen and oxygen atoms in total. The first-order valence-corrected chi connectivity index (χ1v) is 15.9. The third kappa shape index (κ3) is 7.49. The molecule has 0 aromatic heterocycles. The molecule has 1 aromatic rings. The number of hydrogen-bond donors (Lipinski definition) is 1. The maximum Gasteiger partial charge on any atom is 0.410 e. The number of benzene rings is 1. The lowest BCUT2D eigenvalue weighted by Gasteiger charge is -2.48. The SMILES string of the molecule is COC(=O)CNC(=O)[C@H]1C[C@@](C)(c2cccc(O[Si](C)(C)C(C)(C)C)c2)[C@@H](C)CN1C(=O)OC(C)(C)C. The average molecular weight is 535 g/mol. The zero-order valence-electron chi connectivity index (χ0n) is 24.5. The van der Waals surface area contributed by atoms with Crippen molar-refractivity contribution in [3.63, 3.8) is 0 Å². The van der Waals surface area contributed by atoms with Crippen molar-refractivity contribution >= 4 is 26.3 Å². The molecule has 1 aliphatic heterocycles. The fraction of sp³-hybridized carbons (Fsp3) is 0.679. The molecule has 1 N–H and O–H groups in total. The van der Waals surface area contributed by atoms with E-state index in [2.05, 4.69) is 69.9 Å². The van der Waals surface area contributed by atoms with Crippen LogP contribution in [0.15, 0.2) is 24.3 Å². The highest BCUT2D eigenvalue weighted by atomic mass is 28.4. The van der Waals surface area contributed by atoms with E-state index in [1.165, 1.54) is 12.0 Å². The highest BCUT2D eigenvalue weighted by Crippen LogP contribution is 2.44. The second kappa shape index (κ2) is 11.1. The predicted molar refractivity (Wildman–Crippen MR) is 147 cm³/mol. The second-order valence-corrected chi connectivity index (χ2v) is 17.6. The molecular formula is C28H46N2O6Si. The van der Waals surface area contributed by atoms with Gasteiger partial charge in [0.25, 0.3) is 0 Å². The zero-order valence-corrected chi connectivity index (χ0v) is 25.5. The van der Waals surface area contributed by atoms with E-state index in [1.54, 1.807) is 20.8 Å². The number of methoxy groups -OCH3 is 1. The van der Waals surface area contributed by atoms with Crippen LogP contribution in [0.4, 0.5) is 4.79 Å². The standard InChI is InChI=1S/C28H46N2O6Si/c1-19-18-30(25(33)35-26(2,3)4)22(24(32)29-17-23(31)34-9)16-28(19,8)20-13-12-14-21(15-20)36-37(10,11)27(5,6)7/h12-15,19,22H,16-18H2,1-11H3,(H,29,32)/t19-,22+,28+/m0/s1. The molecule has 9 heteroatoms. The van der Waals surface area contributed by atoms with Crippen LogP contribution in [0.5, 0.6) is 5.75 Å². The number of carbonyl (C=O) groups is 3. The van der Waals surface area contributed by atoms with Crippen molar-refractivity contribution in [2.45, 2.75) is 97.0 Å². The molecule has 1 saturated heterocycles. The summed E-state index contributed by atoms with van der Waals surface area (Å²) in [6, 6.07) is 7.28. The Morgan fingerprint density at radius 3 is 2.30 bits per heavy atom. The number of hydrogen-bond acceptors (Lipinski definition) is 6. The minimum Gasteiger partial charge on any atom is -0.543 e. The van der Waals surface area contributed by atoms with Gasteiger partial charge in [0.15, 0.2) is 0 Å². The van der Waals surface area contributed by atoms with Crippen LogP contribution in [0.2, 0.25) is 18.1 Å². The van der Waals surface area contributed by atoms with Gasteiger partial charge in [0, 0.05) is 6.54 Å². The number of carbonyl (C=O) groups excluding carboxylic acids is 3. The van der Waals surface area contributed by atoms with Gasteiger partial charge < -0.3 is 19.2 Å². The first kappa shape index (κ1) is 30.7. The maximum absolute atomic E-state index is 13.3. The summed E-state index contributed by atoms with van der Waals surface area (Å²) in [5, 5.41) is 2.69. The predicted octanol–water partition coefficient (Wildman–Crippen LogP) is 5.26. The van der Waals surface area contributed by atoms with Crippen molar-refractivity contribution in [3.8, 4) is 5.75 Å². The summed E-state index contributed by atoms with van der Waals surface area (Å²) in [6.45, 7) is 20.7. The lowest BCUT2D eigenvalue weighted by molar-refractivity contribution is -0.142. The summed E-state index contributed by atoms with van der Waals surface area (Å²) < 4.78 is 16.9. The summed E-state index contributed by atoms with van der Waals surface area (Å²) >= 11 is 0. The number of ether oxygens (including phenoxy) is 2. The van der Waals surface area contributed by atoms with Crippen LogP contribution < -0.4 is 9.74 Å². The van der Waals surface area contributed by atoms with Crippen molar-refractivity contribution in [3.05, 3.63) is 29.8 Å². The number of nitrogens with zero attached hydrogens (tertiary/aromatic N) is 1. The van der Waals surface area contributed by atoms with Crippen LogP contribution in [0.1, 0.15) is 67.4 Å². The highest BCUT2D eigenvalue weighted by molar-refractivity contribution is 6.74. The van der Waals surface area contributed by atoms with Gasteiger partial charge in [0.05, 0.1) is 7.11 Å². The molecule has 0 bridgehead atoms. The van der Waals surface area contributed by atoms with Crippen LogP contribution in [-0.4, -0.2) is 63.0 Å². The molecule has 1 heterocycles. The molecule has 1 aromatic carbocycles. The first-order chi connectivity index (χ1) is 16.8. The number of amides is 2. The Labute approximate surface area is 223 Å². The molecular weight excluding hydrogens is 488 g/mol. The Morgan fingerprint density at radius 2 is 1.76 bits per heavy atom. The molecule has 37 heavy (non-hydrogen) atoms. The Kier molecular flexibility index (Phi) is 9.16. The van der Waals surface area contributed by atoms with E-state index >= 15 is 0 Å². The number of piperidine rings is 1. The fourth-order valence-corrected chi connectivity index (χ4v) is 5.23. The number of rotatable bonds is 6. The molecule has 2 amide bonds. The van der Waals surface area contributed by atoms with E-state index in [-0.39, 0.29) is 17.5 Å². The van der Waals surface area contributed by atoms with Crippen LogP contribution in [0.25, 0.3) is 0 Å². The molecule has 1 fully saturated rings. The summed E-state index contributed by atoms with van der Waals surface area (Å²) in [4.78, 5) is 39.6. The van der Waals surface area contributed by atoms with Crippen LogP contribution in [0, 0.1) is 5.92 Å². The minimum absolute atomic E-state index is 0.0211. The van der Waals surface area contributed by atoms with Gasteiger partial charge >= 0.3 is 12.1 Å². The smallest absolute Gasteiger partial charge is 0.410 e. The van der Waals surface area contributed by atoms with Crippen molar-refractivity contribution in [2.75, 3.05) is 20.2 Å². The van der Waals surface area contributed by atoms with Gasteiger partial charge in [-0.05, 0) is 74.4 Å². The van der Waals surface area contributed by atoms with E-state index in [0.717, 1.165) is 11.3 Å². The Hall–Kier alpha value is -2.55. The number of esters is 1. The van der Waals surface area contributed by atoms with Gasteiger partial charge in [0.2, 0.25) is 14.2 Å². The molecule has 0 aliphatic carbocycles. The van der Waals surface area contributed by atoms with Gasteiger partial charge in [-0.25, -0.2) is 4.79 Å². The van der Waals surface area contributed by atoms with Crippen LogP contribution in [0.3, 0.4) is 0 Å². The average Bonchev–Trinajstić information content (AvgIpc) is 2.76. The van der Waals surface area contributed by atoms with E-state index in [0.29, 0.717) is 13.0 Å². The fourth-order valence-electron chi connectivity index (χ4n) is 4.21. The van der Waals surface area contributed by atoms with Gasteiger partial charge in [-0.2, -0.15) is 0 Å². The normalized spacial score (nSPS) is 22.7. The largest absolute Gasteiger partial charge is 0.543 e.